The minimum absolute atomic E-state index is 0.223. The Bertz CT molecular complexity index is 235. The molecule has 0 aromatic rings. The first-order chi connectivity index (χ1) is 7.42. The number of hydrogen-bond acceptors (Lipinski definition) is 4. The zero-order chi connectivity index (χ0) is 12.7. The monoisotopic (exact) mass is 230 g/mol. The summed E-state index contributed by atoms with van der Waals surface area (Å²) in [7, 11) is 2.73. The molecule has 0 saturated carbocycles. The van der Waals surface area contributed by atoms with Crippen LogP contribution in [0.5, 0.6) is 0 Å². The number of methoxy groups -OCH3 is 2. The molecular formula is C12H22O4. The third-order valence-corrected chi connectivity index (χ3v) is 2.53. The van der Waals surface area contributed by atoms with Gasteiger partial charge in [0.15, 0.2) is 0 Å². The molecule has 0 aliphatic carbocycles. The molecule has 0 amide bonds. The van der Waals surface area contributed by atoms with E-state index in [0.717, 1.165) is 6.42 Å². The van der Waals surface area contributed by atoms with Crippen molar-refractivity contribution >= 4 is 11.9 Å². The first kappa shape index (κ1) is 14.9. The molecule has 4 heteroatoms. The van der Waals surface area contributed by atoms with Gasteiger partial charge < -0.3 is 9.47 Å². The van der Waals surface area contributed by atoms with Gasteiger partial charge in [0, 0.05) is 0 Å². The highest BCUT2D eigenvalue weighted by atomic mass is 16.5. The molecule has 0 heterocycles. The number of carbonyl (C=O) groups is 2. The lowest BCUT2D eigenvalue weighted by atomic mass is 9.89. The molecule has 2 atom stereocenters. The lowest BCUT2D eigenvalue weighted by molar-refractivity contribution is -0.149. The molecule has 0 saturated heterocycles. The average molecular weight is 230 g/mol. The van der Waals surface area contributed by atoms with Gasteiger partial charge in [0.1, 0.15) is 0 Å². The summed E-state index contributed by atoms with van der Waals surface area (Å²) in [6.45, 7) is 5.85. The maximum atomic E-state index is 11.5. The van der Waals surface area contributed by atoms with E-state index in [1.54, 1.807) is 6.92 Å². The van der Waals surface area contributed by atoms with Crippen LogP contribution in [-0.2, 0) is 19.1 Å². The molecule has 0 radical (unpaired) electrons. The average Bonchev–Trinajstić information content (AvgIpc) is 2.25. The molecular weight excluding hydrogens is 208 g/mol. The van der Waals surface area contributed by atoms with Crippen molar-refractivity contribution in [3.8, 4) is 0 Å². The SMILES string of the molecule is COC(=O)[C@H](CC(C)C)C[C@@H](C)C(=O)OC. The molecule has 16 heavy (non-hydrogen) atoms. The van der Waals surface area contributed by atoms with Gasteiger partial charge >= 0.3 is 11.9 Å². The Hall–Kier alpha value is -1.06. The van der Waals surface area contributed by atoms with E-state index >= 15 is 0 Å². The Morgan fingerprint density at radius 1 is 0.938 bits per heavy atom. The number of carbonyl (C=O) groups excluding carboxylic acids is 2. The van der Waals surface area contributed by atoms with E-state index in [1.165, 1.54) is 14.2 Å². The van der Waals surface area contributed by atoms with Crippen LogP contribution >= 0.6 is 0 Å². The van der Waals surface area contributed by atoms with Crippen molar-refractivity contribution in [2.75, 3.05) is 14.2 Å². The molecule has 0 spiro atoms. The van der Waals surface area contributed by atoms with E-state index in [-0.39, 0.29) is 23.8 Å². The van der Waals surface area contributed by atoms with E-state index in [4.69, 9.17) is 4.74 Å². The van der Waals surface area contributed by atoms with Crippen LogP contribution in [0.2, 0.25) is 0 Å². The van der Waals surface area contributed by atoms with Crippen LogP contribution < -0.4 is 0 Å². The number of esters is 2. The summed E-state index contributed by atoms with van der Waals surface area (Å²) in [5, 5.41) is 0. The molecule has 0 aromatic heterocycles. The fraction of sp³-hybridized carbons (Fsp3) is 0.833. The molecule has 0 N–H and O–H groups in total. The van der Waals surface area contributed by atoms with Crippen LogP contribution in [0.3, 0.4) is 0 Å². The van der Waals surface area contributed by atoms with E-state index in [1.807, 2.05) is 13.8 Å². The summed E-state index contributed by atoms with van der Waals surface area (Å²) < 4.78 is 9.38. The summed E-state index contributed by atoms with van der Waals surface area (Å²) in [6, 6.07) is 0. The van der Waals surface area contributed by atoms with Gasteiger partial charge in [-0.3, -0.25) is 9.59 Å². The summed E-state index contributed by atoms with van der Waals surface area (Å²) in [4.78, 5) is 22.8. The van der Waals surface area contributed by atoms with E-state index < -0.39 is 0 Å². The van der Waals surface area contributed by atoms with Gasteiger partial charge in [0.2, 0.25) is 0 Å². The highest BCUT2D eigenvalue weighted by Gasteiger charge is 2.26. The fourth-order valence-corrected chi connectivity index (χ4v) is 1.75. The topological polar surface area (TPSA) is 52.6 Å². The van der Waals surface area contributed by atoms with Crippen molar-refractivity contribution in [1.82, 2.24) is 0 Å². The summed E-state index contributed by atoms with van der Waals surface area (Å²) in [6.07, 6.45) is 1.21. The van der Waals surface area contributed by atoms with Crippen molar-refractivity contribution in [3.05, 3.63) is 0 Å². The van der Waals surface area contributed by atoms with Crippen LogP contribution in [0, 0.1) is 17.8 Å². The second-order valence-electron chi connectivity index (χ2n) is 4.51. The van der Waals surface area contributed by atoms with Gasteiger partial charge in [-0.15, -0.1) is 0 Å². The Morgan fingerprint density at radius 2 is 1.44 bits per heavy atom. The predicted octanol–water partition coefficient (Wildman–Crippen LogP) is 2.02. The normalized spacial score (nSPS) is 14.4. The van der Waals surface area contributed by atoms with Gasteiger partial charge in [-0.05, 0) is 18.8 Å². The third-order valence-electron chi connectivity index (χ3n) is 2.53. The maximum Gasteiger partial charge on any atom is 0.308 e. The minimum atomic E-state index is -0.280. The summed E-state index contributed by atoms with van der Waals surface area (Å²) >= 11 is 0. The summed E-state index contributed by atoms with van der Waals surface area (Å²) in [5.41, 5.74) is 0. The smallest absolute Gasteiger partial charge is 0.308 e. The predicted molar refractivity (Wildman–Crippen MR) is 60.8 cm³/mol. The third kappa shape index (κ3) is 5.14. The largest absolute Gasteiger partial charge is 0.469 e. The lowest BCUT2D eigenvalue weighted by Gasteiger charge is -2.19. The molecule has 0 aliphatic heterocycles. The zero-order valence-electron chi connectivity index (χ0n) is 10.8. The van der Waals surface area contributed by atoms with Gasteiger partial charge in [-0.25, -0.2) is 0 Å². The highest BCUT2D eigenvalue weighted by Crippen LogP contribution is 2.22. The van der Waals surface area contributed by atoms with Crippen LogP contribution in [0.4, 0.5) is 0 Å². The Balaban J connectivity index is 4.41. The number of rotatable bonds is 6. The van der Waals surface area contributed by atoms with E-state index in [0.29, 0.717) is 12.3 Å². The van der Waals surface area contributed by atoms with Crippen molar-refractivity contribution in [2.45, 2.75) is 33.6 Å². The Morgan fingerprint density at radius 3 is 1.81 bits per heavy atom. The van der Waals surface area contributed by atoms with Crippen molar-refractivity contribution in [3.63, 3.8) is 0 Å². The molecule has 94 valence electrons. The fourth-order valence-electron chi connectivity index (χ4n) is 1.75. The molecule has 0 fully saturated rings. The van der Waals surface area contributed by atoms with Crippen LogP contribution in [-0.4, -0.2) is 26.2 Å². The Kier molecular flexibility index (Phi) is 6.77. The Labute approximate surface area is 97.3 Å². The van der Waals surface area contributed by atoms with Crippen LogP contribution in [0.25, 0.3) is 0 Å². The molecule has 4 nitrogen and oxygen atoms in total. The first-order valence-electron chi connectivity index (χ1n) is 5.58. The number of hydrogen-bond donors (Lipinski definition) is 0. The highest BCUT2D eigenvalue weighted by molar-refractivity contribution is 5.75. The van der Waals surface area contributed by atoms with Gasteiger partial charge in [0.05, 0.1) is 26.1 Å². The van der Waals surface area contributed by atoms with Gasteiger partial charge in [-0.2, -0.15) is 0 Å². The molecule has 0 rings (SSSR count). The molecule has 0 bridgehead atoms. The quantitative estimate of drug-likeness (QED) is 0.655. The molecule has 0 aliphatic rings. The second kappa shape index (κ2) is 7.25. The molecule has 0 aromatic carbocycles. The van der Waals surface area contributed by atoms with Gasteiger partial charge in [-0.1, -0.05) is 20.8 Å². The standard InChI is InChI=1S/C12H22O4/c1-8(2)6-10(12(14)16-5)7-9(3)11(13)15-4/h8-10H,6-7H2,1-5H3/t9-,10-/m1/s1. The maximum absolute atomic E-state index is 11.5. The first-order valence-corrected chi connectivity index (χ1v) is 5.58. The van der Waals surface area contributed by atoms with Crippen LogP contribution in [0.1, 0.15) is 33.6 Å². The lowest BCUT2D eigenvalue weighted by Crippen LogP contribution is -2.24. The second-order valence-corrected chi connectivity index (χ2v) is 4.51. The zero-order valence-corrected chi connectivity index (χ0v) is 10.8. The minimum Gasteiger partial charge on any atom is -0.469 e. The van der Waals surface area contributed by atoms with Crippen molar-refractivity contribution in [2.24, 2.45) is 17.8 Å². The van der Waals surface area contributed by atoms with Crippen molar-refractivity contribution < 1.29 is 19.1 Å². The van der Waals surface area contributed by atoms with E-state index in [9.17, 15) is 9.59 Å². The van der Waals surface area contributed by atoms with Gasteiger partial charge in [0.25, 0.3) is 0 Å². The van der Waals surface area contributed by atoms with Crippen molar-refractivity contribution in [1.29, 1.82) is 0 Å². The number of ether oxygens (including phenoxy) is 2. The van der Waals surface area contributed by atoms with Crippen LogP contribution in [0.15, 0.2) is 0 Å². The molecule has 0 unspecified atom stereocenters. The summed E-state index contributed by atoms with van der Waals surface area (Å²) in [5.74, 6) is -0.622. The van der Waals surface area contributed by atoms with E-state index in [2.05, 4.69) is 4.74 Å².